The summed E-state index contributed by atoms with van der Waals surface area (Å²) in [6.45, 7) is 8.02. The van der Waals surface area contributed by atoms with Crippen molar-refractivity contribution in [1.29, 1.82) is 0 Å². The molecule has 0 radical (unpaired) electrons. The number of nitrogen functional groups attached to an aromatic ring is 1. The van der Waals surface area contributed by atoms with Crippen molar-refractivity contribution in [3.05, 3.63) is 18.2 Å². The van der Waals surface area contributed by atoms with E-state index in [1.54, 1.807) is 12.1 Å². The number of nitrogens with two attached hydrogens (primary N) is 1. The average molecular weight is 299 g/mol. The minimum absolute atomic E-state index is 0.184. The summed E-state index contributed by atoms with van der Waals surface area (Å²) in [7, 11) is -3.29. The van der Waals surface area contributed by atoms with Crippen molar-refractivity contribution in [2.24, 2.45) is 0 Å². The maximum atomic E-state index is 11.6. The Hall–Kier alpha value is -1.27. The summed E-state index contributed by atoms with van der Waals surface area (Å²) in [5, 5.41) is 3.22. The molecule has 0 bridgehead atoms. The number of para-hydroxylation sites is 1. The van der Waals surface area contributed by atoms with Crippen LogP contribution in [-0.4, -0.2) is 45.8 Å². The van der Waals surface area contributed by atoms with Gasteiger partial charge < -0.3 is 16.0 Å². The van der Waals surface area contributed by atoms with E-state index in [-0.39, 0.29) is 4.90 Å². The Balaban J connectivity index is 2.70. The molecule has 20 heavy (non-hydrogen) atoms. The van der Waals surface area contributed by atoms with Crippen LogP contribution in [0.5, 0.6) is 0 Å². The summed E-state index contributed by atoms with van der Waals surface area (Å²) in [6.07, 6.45) is 2.29. The smallest absolute Gasteiger partial charge is 0.177 e. The van der Waals surface area contributed by atoms with Gasteiger partial charge >= 0.3 is 0 Å². The highest BCUT2D eigenvalue weighted by Crippen LogP contribution is 2.26. The number of hydrogen-bond acceptors (Lipinski definition) is 5. The van der Waals surface area contributed by atoms with Crippen molar-refractivity contribution >= 4 is 21.2 Å². The molecular formula is C14H25N3O2S. The van der Waals surface area contributed by atoms with Crippen LogP contribution in [0.4, 0.5) is 11.4 Å². The quantitative estimate of drug-likeness (QED) is 0.716. The van der Waals surface area contributed by atoms with Gasteiger partial charge in [0.05, 0.1) is 16.3 Å². The molecule has 3 N–H and O–H groups in total. The van der Waals surface area contributed by atoms with E-state index in [0.29, 0.717) is 11.4 Å². The molecule has 0 amide bonds. The Kier molecular flexibility index (Phi) is 6.29. The lowest BCUT2D eigenvalue weighted by molar-refractivity contribution is 0.300. The zero-order valence-corrected chi connectivity index (χ0v) is 13.3. The fourth-order valence-corrected chi connectivity index (χ4v) is 2.95. The van der Waals surface area contributed by atoms with Crippen molar-refractivity contribution in [3.8, 4) is 0 Å². The summed E-state index contributed by atoms with van der Waals surface area (Å²) in [6, 6.07) is 5.05. The number of nitrogens with zero attached hydrogens (tertiary/aromatic N) is 1. The molecule has 5 nitrogen and oxygen atoms in total. The molecule has 0 saturated heterocycles. The number of nitrogens with one attached hydrogen (secondary N) is 1. The highest BCUT2D eigenvalue weighted by atomic mass is 32.2. The van der Waals surface area contributed by atoms with Crippen LogP contribution in [0, 0.1) is 0 Å². The van der Waals surface area contributed by atoms with Crippen molar-refractivity contribution in [2.45, 2.75) is 25.2 Å². The molecule has 0 heterocycles. The largest absolute Gasteiger partial charge is 0.396 e. The van der Waals surface area contributed by atoms with Gasteiger partial charge in [-0.25, -0.2) is 8.42 Å². The summed E-state index contributed by atoms with van der Waals surface area (Å²) < 4.78 is 23.2. The first kappa shape index (κ1) is 16.8. The monoisotopic (exact) mass is 299 g/mol. The van der Waals surface area contributed by atoms with E-state index in [0.717, 1.165) is 32.6 Å². The van der Waals surface area contributed by atoms with Crippen LogP contribution in [0.3, 0.4) is 0 Å². The van der Waals surface area contributed by atoms with E-state index >= 15 is 0 Å². The third-order valence-electron chi connectivity index (χ3n) is 3.20. The van der Waals surface area contributed by atoms with E-state index in [2.05, 4.69) is 24.1 Å². The predicted molar refractivity (Wildman–Crippen MR) is 84.9 cm³/mol. The van der Waals surface area contributed by atoms with Gasteiger partial charge in [-0.05, 0) is 31.6 Å². The third kappa shape index (κ3) is 4.68. The zero-order valence-electron chi connectivity index (χ0n) is 12.5. The zero-order chi connectivity index (χ0) is 15.2. The van der Waals surface area contributed by atoms with Crippen molar-refractivity contribution < 1.29 is 8.42 Å². The van der Waals surface area contributed by atoms with Crippen molar-refractivity contribution in [3.63, 3.8) is 0 Å². The molecule has 1 aromatic rings. The van der Waals surface area contributed by atoms with E-state index in [1.165, 1.54) is 12.3 Å². The molecule has 1 aromatic carbocycles. The Morgan fingerprint density at radius 2 is 1.95 bits per heavy atom. The summed E-state index contributed by atoms with van der Waals surface area (Å²) in [5.74, 6) is 0. The first-order valence-electron chi connectivity index (χ1n) is 6.94. The number of likely N-dealkylation sites (N-methyl/N-ethyl adjacent to an activating group) is 1. The van der Waals surface area contributed by atoms with Gasteiger partial charge in [-0.1, -0.05) is 19.9 Å². The van der Waals surface area contributed by atoms with Crippen molar-refractivity contribution in [1.82, 2.24) is 4.90 Å². The van der Waals surface area contributed by atoms with E-state index < -0.39 is 9.84 Å². The number of hydrogen-bond donors (Lipinski definition) is 2. The Bertz CT molecular complexity index is 529. The molecule has 0 aliphatic rings. The Morgan fingerprint density at radius 3 is 2.50 bits per heavy atom. The SMILES string of the molecule is CCCN(CC)CCNc1cccc(S(C)(=O)=O)c1N. The predicted octanol–water partition coefficient (Wildman–Crippen LogP) is 1.82. The topological polar surface area (TPSA) is 75.4 Å². The number of anilines is 2. The minimum Gasteiger partial charge on any atom is -0.396 e. The standard InChI is InChI=1S/C14H25N3O2S/c1-4-10-17(5-2)11-9-16-12-7-6-8-13(14(12)15)20(3,18)19/h6-8,16H,4-5,9-11,15H2,1-3H3. The molecule has 0 spiro atoms. The van der Waals surface area contributed by atoms with Gasteiger partial charge in [0.2, 0.25) is 0 Å². The molecule has 0 unspecified atom stereocenters. The molecule has 0 fully saturated rings. The van der Waals surface area contributed by atoms with E-state index in [9.17, 15) is 8.42 Å². The second-order valence-electron chi connectivity index (χ2n) is 4.85. The van der Waals surface area contributed by atoms with Crippen LogP contribution < -0.4 is 11.1 Å². The molecule has 0 aromatic heterocycles. The molecule has 0 aliphatic carbocycles. The fraction of sp³-hybridized carbons (Fsp3) is 0.571. The van der Waals surface area contributed by atoms with Gasteiger partial charge in [0.15, 0.2) is 9.84 Å². The Labute approximate surface area is 122 Å². The number of rotatable bonds is 8. The normalized spacial score (nSPS) is 11.8. The van der Waals surface area contributed by atoms with Crippen LogP contribution in [0.15, 0.2) is 23.1 Å². The summed E-state index contributed by atoms with van der Waals surface area (Å²) in [4.78, 5) is 2.52. The first-order valence-corrected chi connectivity index (χ1v) is 8.84. The third-order valence-corrected chi connectivity index (χ3v) is 4.35. The van der Waals surface area contributed by atoms with Crippen LogP contribution >= 0.6 is 0 Å². The van der Waals surface area contributed by atoms with Gasteiger partial charge in [0.1, 0.15) is 0 Å². The molecule has 1 rings (SSSR count). The van der Waals surface area contributed by atoms with Crippen molar-refractivity contribution in [2.75, 3.05) is 43.5 Å². The van der Waals surface area contributed by atoms with Crippen LogP contribution in [0.1, 0.15) is 20.3 Å². The lowest BCUT2D eigenvalue weighted by atomic mass is 10.2. The molecule has 6 heteroatoms. The van der Waals surface area contributed by atoms with Crippen LogP contribution in [0.2, 0.25) is 0 Å². The highest BCUT2D eigenvalue weighted by Gasteiger charge is 2.13. The van der Waals surface area contributed by atoms with Gasteiger partial charge in [-0.15, -0.1) is 0 Å². The molecule has 114 valence electrons. The molecule has 0 atom stereocenters. The maximum absolute atomic E-state index is 11.6. The number of benzene rings is 1. The van der Waals surface area contributed by atoms with Gasteiger partial charge in [0.25, 0.3) is 0 Å². The van der Waals surface area contributed by atoms with Crippen LogP contribution in [-0.2, 0) is 9.84 Å². The van der Waals surface area contributed by atoms with Gasteiger partial charge in [-0.3, -0.25) is 0 Å². The second-order valence-corrected chi connectivity index (χ2v) is 6.83. The van der Waals surface area contributed by atoms with Crippen LogP contribution in [0.25, 0.3) is 0 Å². The second kappa shape index (κ2) is 7.50. The average Bonchev–Trinajstić information content (AvgIpc) is 2.38. The molecular weight excluding hydrogens is 274 g/mol. The number of sulfone groups is 1. The summed E-state index contributed by atoms with van der Waals surface area (Å²) in [5.41, 5.74) is 6.90. The first-order chi connectivity index (χ1) is 9.40. The Morgan fingerprint density at radius 1 is 1.25 bits per heavy atom. The fourth-order valence-electron chi connectivity index (χ4n) is 2.11. The lowest BCUT2D eigenvalue weighted by Gasteiger charge is -2.20. The lowest BCUT2D eigenvalue weighted by Crippen LogP contribution is -2.29. The van der Waals surface area contributed by atoms with Gasteiger partial charge in [-0.2, -0.15) is 0 Å². The van der Waals surface area contributed by atoms with E-state index in [4.69, 9.17) is 5.73 Å². The summed E-state index contributed by atoms with van der Waals surface area (Å²) >= 11 is 0. The molecule has 0 saturated carbocycles. The van der Waals surface area contributed by atoms with E-state index in [1.807, 2.05) is 0 Å². The minimum atomic E-state index is -3.29. The maximum Gasteiger partial charge on any atom is 0.177 e. The van der Waals surface area contributed by atoms with Gasteiger partial charge in [0, 0.05) is 19.3 Å². The highest BCUT2D eigenvalue weighted by molar-refractivity contribution is 7.90. The molecule has 0 aliphatic heterocycles.